The molecule has 1 atom stereocenters. The Kier molecular flexibility index (Phi) is 6.43. The lowest BCUT2D eigenvalue weighted by molar-refractivity contribution is -0.122. The summed E-state index contributed by atoms with van der Waals surface area (Å²) in [5.41, 5.74) is 1.19. The van der Waals surface area contributed by atoms with E-state index in [0.29, 0.717) is 6.54 Å². The van der Waals surface area contributed by atoms with Crippen molar-refractivity contribution in [1.29, 1.82) is 0 Å². The second-order valence-corrected chi connectivity index (χ2v) is 6.94. The van der Waals surface area contributed by atoms with E-state index in [1.807, 2.05) is 0 Å². The van der Waals surface area contributed by atoms with Crippen LogP contribution in [-0.4, -0.2) is 30.0 Å². The van der Waals surface area contributed by atoms with Crippen LogP contribution in [0.2, 0.25) is 0 Å². The molecule has 1 fully saturated rings. The Bertz CT molecular complexity index is 436. The van der Waals surface area contributed by atoms with Crippen LogP contribution in [0.25, 0.3) is 0 Å². The number of rotatable bonds is 4. The Labute approximate surface area is 131 Å². The smallest absolute Gasteiger partial charge is 0.237 e. The summed E-state index contributed by atoms with van der Waals surface area (Å²) < 4.78 is 0. The van der Waals surface area contributed by atoms with Gasteiger partial charge < -0.3 is 10.6 Å². The molecule has 2 heterocycles. The molecular formula is C14H24ClN3OS. The quantitative estimate of drug-likeness (QED) is 0.895. The summed E-state index contributed by atoms with van der Waals surface area (Å²) in [6, 6.07) is 0.0144. The lowest BCUT2D eigenvalue weighted by Gasteiger charge is -2.13. The topological polar surface area (TPSA) is 54.0 Å². The number of hydrogen-bond acceptors (Lipinski definition) is 4. The summed E-state index contributed by atoms with van der Waals surface area (Å²) in [4.78, 5) is 16.4. The maximum atomic E-state index is 11.8. The second kappa shape index (κ2) is 7.38. The minimum atomic E-state index is 0. The Morgan fingerprint density at radius 1 is 1.55 bits per heavy atom. The first-order valence-corrected chi connectivity index (χ1v) is 7.81. The average molecular weight is 318 g/mol. The summed E-state index contributed by atoms with van der Waals surface area (Å²) in [6.07, 6.45) is 2.86. The molecule has 1 aliphatic rings. The van der Waals surface area contributed by atoms with Crippen molar-refractivity contribution in [3.8, 4) is 0 Å². The molecule has 1 unspecified atom stereocenters. The Balaban J connectivity index is 0.00000200. The first-order chi connectivity index (χ1) is 8.97. The minimum Gasteiger partial charge on any atom is -0.354 e. The van der Waals surface area contributed by atoms with Gasteiger partial charge >= 0.3 is 0 Å². The molecule has 4 nitrogen and oxygen atoms in total. The minimum absolute atomic E-state index is 0. The van der Waals surface area contributed by atoms with Gasteiger partial charge in [-0.1, -0.05) is 20.8 Å². The van der Waals surface area contributed by atoms with Crippen LogP contribution < -0.4 is 10.6 Å². The number of carbonyl (C=O) groups is 1. The van der Waals surface area contributed by atoms with E-state index in [9.17, 15) is 4.79 Å². The van der Waals surface area contributed by atoms with E-state index >= 15 is 0 Å². The molecule has 20 heavy (non-hydrogen) atoms. The van der Waals surface area contributed by atoms with Gasteiger partial charge in [-0.25, -0.2) is 4.98 Å². The van der Waals surface area contributed by atoms with Gasteiger partial charge in [0.25, 0.3) is 0 Å². The maximum absolute atomic E-state index is 11.8. The predicted molar refractivity (Wildman–Crippen MR) is 85.8 cm³/mol. The summed E-state index contributed by atoms with van der Waals surface area (Å²) in [6.45, 7) is 8.14. The third-order valence-corrected chi connectivity index (χ3v) is 4.57. The standard InChI is InChI=1S/C14H23N3OS.ClH/c1-14(2,3)13-17-10(9-19-13)6-8-16-12(18)11-5-4-7-15-11;/h9,11,15H,4-8H2,1-3H3,(H,16,18);1H. The number of halogens is 1. The van der Waals surface area contributed by atoms with Crippen molar-refractivity contribution in [2.45, 2.75) is 51.5 Å². The molecule has 1 aromatic heterocycles. The molecule has 0 bridgehead atoms. The van der Waals surface area contributed by atoms with E-state index in [-0.39, 0.29) is 29.8 Å². The maximum Gasteiger partial charge on any atom is 0.237 e. The molecule has 2 rings (SSSR count). The lowest BCUT2D eigenvalue weighted by atomic mass is 9.98. The second-order valence-electron chi connectivity index (χ2n) is 6.08. The fourth-order valence-corrected chi connectivity index (χ4v) is 3.05. The SMILES string of the molecule is CC(C)(C)c1nc(CCNC(=O)C2CCCN2)cs1.Cl. The molecule has 1 aliphatic heterocycles. The molecule has 0 spiro atoms. The van der Waals surface area contributed by atoms with Crippen LogP contribution in [-0.2, 0) is 16.6 Å². The van der Waals surface area contributed by atoms with Crippen LogP contribution >= 0.6 is 23.7 Å². The highest BCUT2D eigenvalue weighted by molar-refractivity contribution is 7.09. The molecule has 6 heteroatoms. The van der Waals surface area contributed by atoms with Crippen molar-refractivity contribution < 1.29 is 4.79 Å². The van der Waals surface area contributed by atoms with E-state index in [4.69, 9.17) is 0 Å². The van der Waals surface area contributed by atoms with E-state index in [2.05, 4.69) is 41.8 Å². The Morgan fingerprint density at radius 3 is 2.85 bits per heavy atom. The van der Waals surface area contributed by atoms with Gasteiger partial charge in [0.1, 0.15) is 0 Å². The van der Waals surface area contributed by atoms with Crippen molar-refractivity contribution in [3.05, 3.63) is 16.1 Å². The summed E-state index contributed by atoms with van der Waals surface area (Å²) in [5.74, 6) is 0.128. The average Bonchev–Trinajstić information content (AvgIpc) is 2.99. The Morgan fingerprint density at radius 2 is 2.30 bits per heavy atom. The zero-order valence-corrected chi connectivity index (χ0v) is 14.0. The highest BCUT2D eigenvalue weighted by atomic mass is 35.5. The fraction of sp³-hybridized carbons (Fsp3) is 0.714. The lowest BCUT2D eigenvalue weighted by Crippen LogP contribution is -2.41. The van der Waals surface area contributed by atoms with Gasteiger partial charge in [-0.05, 0) is 19.4 Å². The number of aromatic nitrogens is 1. The zero-order chi connectivity index (χ0) is 13.9. The van der Waals surface area contributed by atoms with Gasteiger partial charge in [0.15, 0.2) is 0 Å². The zero-order valence-electron chi connectivity index (χ0n) is 12.4. The number of nitrogens with one attached hydrogen (secondary N) is 2. The largest absolute Gasteiger partial charge is 0.354 e. The van der Waals surface area contributed by atoms with Gasteiger partial charge in [-0.3, -0.25) is 4.79 Å². The van der Waals surface area contributed by atoms with Gasteiger partial charge in [-0.15, -0.1) is 23.7 Å². The summed E-state index contributed by atoms with van der Waals surface area (Å²) in [7, 11) is 0. The molecule has 114 valence electrons. The monoisotopic (exact) mass is 317 g/mol. The summed E-state index contributed by atoms with van der Waals surface area (Å²) >= 11 is 1.70. The van der Waals surface area contributed by atoms with Crippen molar-refractivity contribution in [2.24, 2.45) is 0 Å². The van der Waals surface area contributed by atoms with Crippen molar-refractivity contribution in [3.63, 3.8) is 0 Å². The molecule has 0 radical (unpaired) electrons. The van der Waals surface area contributed by atoms with E-state index < -0.39 is 0 Å². The first kappa shape index (κ1) is 17.4. The van der Waals surface area contributed by atoms with Crippen LogP contribution in [0, 0.1) is 0 Å². The van der Waals surface area contributed by atoms with Gasteiger partial charge in [0, 0.05) is 23.8 Å². The van der Waals surface area contributed by atoms with Crippen LogP contribution in [0.15, 0.2) is 5.38 Å². The van der Waals surface area contributed by atoms with Gasteiger partial charge in [0.2, 0.25) is 5.91 Å². The fourth-order valence-electron chi connectivity index (χ4n) is 2.11. The van der Waals surface area contributed by atoms with Crippen LogP contribution in [0.3, 0.4) is 0 Å². The molecular weight excluding hydrogens is 294 g/mol. The number of thiazole rings is 1. The van der Waals surface area contributed by atoms with Crippen molar-refractivity contribution >= 4 is 29.7 Å². The number of amides is 1. The summed E-state index contributed by atoms with van der Waals surface area (Å²) in [5, 5.41) is 9.44. The van der Waals surface area contributed by atoms with Crippen LogP contribution in [0.1, 0.15) is 44.3 Å². The van der Waals surface area contributed by atoms with E-state index in [0.717, 1.165) is 36.5 Å². The van der Waals surface area contributed by atoms with Crippen molar-refractivity contribution in [1.82, 2.24) is 15.6 Å². The molecule has 0 aromatic carbocycles. The van der Waals surface area contributed by atoms with Crippen LogP contribution in [0.4, 0.5) is 0 Å². The number of nitrogens with zero attached hydrogens (tertiary/aromatic N) is 1. The molecule has 1 aromatic rings. The highest BCUT2D eigenvalue weighted by Gasteiger charge is 2.21. The molecule has 0 aliphatic carbocycles. The first-order valence-electron chi connectivity index (χ1n) is 6.93. The number of carbonyl (C=O) groups excluding carboxylic acids is 1. The van der Waals surface area contributed by atoms with Crippen molar-refractivity contribution in [2.75, 3.05) is 13.1 Å². The molecule has 2 N–H and O–H groups in total. The van der Waals surface area contributed by atoms with Gasteiger partial charge in [-0.2, -0.15) is 0 Å². The number of hydrogen-bond donors (Lipinski definition) is 2. The predicted octanol–water partition coefficient (Wildman–Crippen LogP) is 2.27. The third kappa shape index (κ3) is 4.72. The Hall–Kier alpha value is -0.650. The molecule has 1 saturated heterocycles. The van der Waals surface area contributed by atoms with E-state index in [1.165, 1.54) is 0 Å². The highest BCUT2D eigenvalue weighted by Crippen LogP contribution is 2.25. The molecule has 1 amide bonds. The third-order valence-electron chi connectivity index (χ3n) is 3.25. The van der Waals surface area contributed by atoms with Gasteiger partial charge in [0.05, 0.1) is 16.7 Å². The van der Waals surface area contributed by atoms with Crippen LogP contribution in [0.5, 0.6) is 0 Å². The molecule has 0 saturated carbocycles. The normalized spacial score (nSPS) is 18.6. The van der Waals surface area contributed by atoms with E-state index in [1.54, 1.807) is 11.3 Å².